The number of hydrogen-bond donors (Lipinski definition) is 2. The number of pyridine rings is 1. The number of rotatable bonds is 1. The van der Waals surface area contributed by atoms with Crippen LogP contribution in [0.25, 0.3) is 0 Å². The first-order valence-electron chi connectivity index (χ1n) is 6.62. The molecule has 2 heterocycles. The Hall–Kier alpha value is -1.50. The second kappa shape index (κ2) is 11.3. The normalized spacial score (nSPS) is 15.0. The van der Waals surface area contributed by atoms with E-state index in [9.17, 15) is 4.79 Å². The van der Waals surface area contributed by atoms with Crippen LogP contribution in [0.3, 0.4) is 0 Å². The lowest BCUT2D eigenvalue weighted by molar-refractivity contribution is -0.138. The SMILES string of the molecule is CC(C)(C)OC=O.NN1CCNCC1.c1ccncc1. The Balaban J connectivity index is 0.000000271. The minimum atomic E-state index is -0.318. The molecule has 0 aromatic carbocycles. The van der Waals surface area contributed by atoms with Gasteiger partial charge in [-0.15, -0.1) is 0 Å². The quantitative estimate of drug-likeness (QED) is 0.586. The molecule has 114 valence electrons. The summed E-state index contributed by atoms with van der Waals surface area (Å²) >= 11 is 0. The number of carbonyl (C=O) groups excluding carboxylic acids is 1. The van der Waals surface area contributed by atoms with Crippen molar-refractivity contribution in [1.29, 1.82) is 0 Å². The van der Waals surface area contributed by atoms with Gasteiger partial charge in [-0.2, -0.15) is 0 Å². The molecular weight excluding hydrogens is 256 g/mol. The van der Waals surface area contributed by atoms with Crippen LogP contribution in [0.1, 0.15) is 20.8 Å². The van der Waals surface area contributed by atoms with Crippen LogP contribution in [0.4, 0.5) is 0 Å². The molecular formula is C14H26N4O2. The summed E-state index contributed by atoms with van der Waals surface area (Å²) < 4.78 is 4.55. The molecule has 0 saturated carbocycles. The van der Waals surface area contributed by atoms with E-state index in [-0.39, 0.29) is 5.60 Å². The first-order chi connectivity index (χ1) is 9.45. The van der Waals surface area contributed by atoms with Gasteiger partial charge < -0.3 is 10.1 Å². The highest BCUT2D eigenvalue weighted by Gasteiger charge is 2.07. The summed E-state index contributed by atoms with van der Waals surface area (Å²) in [5, 5.41) is 5.02. The predicted molar refractivity (Wildman–Crippen MR) is 79.8 cm³/mol. The van der Waals surface area contributed by atoms with Crippen LogP contribution >= 0.6 is 0 Å². The van der Waals surface area contributed by atoms with Crippen LogP contribution in [0.5, 0.6) is 0 Å². The molecule has 1 aliphatic rings. The Bertz CT molecular complexity index is 295. The zero-order valence-corrected chi connectivity index (χ0v) is 12.6. The van der Waals surface area contributed by atoms with Gasteiger partial charge in [-0.3, -0.25) is 15.6 Å². The fourth-order valence-electron chi connectivity index (χ4n) is 1.14. The van der Waals surface area contributed by atoms with Gasteiger partial charge in [0.1, 0.15) is 5.60 Å². The van der Waals surface area contributed by atoms with Gasteiger partial charge in [0, 0.05) is 38.6 Å². The number of nitrogens with one attached hydrogen (secondary N) is 1. The van der Waals surface area contributed by atoms with Crippen LogP contribution in [0, 0.1) is 0 Å². The van der Waals surface area contributed by atoms with Gasteiger partial charge in [-0.25, -0.2) is 5.01 Å². The van der Waals surface area contributed by atoms with E-state index in [0.29, 0.717) is 6.47 Å². The molecule has 1 fully saturated rings. The van der Waals surface area contributed by atoms with E-state index in [2.05, 4.69) is 15.0 Å². The Labute approximate surface area is 121 Å². The fraction of sp³-hybridized carbons (Fsp3) is 0.571. The van der Waals surface area contributed by atoms with E-state index in [1.165, 1.54) is 0 Å². The van der Waals surface area contributed by atoms with Gasteiger partial charge in [0.15, 0.2) is 0 Å². The molecule has 1 aromatic heterocycles. The monoisotopic (exact) mass is 282 g/mol. The van der Waals surface area contributed by atoms with E-state index in [1.807, 2.05) is 44.0 Å². The Morgan fingerprint density at radius 3 is 1.90 bits per heavy atom. The van der Waals surface area contributed by atoms with Crippen LogP contribution in [-0.4, -0.2) is 48.2 Å². The van der Waals surface area contributed by atoms with Crippen LogP contribution in [-0.2, 0) is 9.53 Å². The molecule has 3 N–H and O–H groups in total. The van der Waals surface area contributed by atoms with Gasteiger partial charge >= 0.3 is 0 Å². The van der Waals surface area contributed by atoms with Crippen molar-refractivity contribution >= 4 is 6.47 Å². The molecule has 2 rings (SSSR count). The van der Waals surface area contributed by atoms with Crippen molar-refractivity contribution in [1.82, 2.24) is 15.3 Å². The van der Waals surface area contributed by atoms with E-state index in [4.69, 9.17) is 5.84 Å². The molecule has 6 heteroatoms. The second-order valence-corrected chi connectivity index (χ2v) is 5.14. The van der Waals surface area contributed by atoms with Crippen molar-refractivity contribution in [2.24, 2.45) is 5.84 Å². The molecule has 0 amide bonds. The van der Waals surface area contributed by atoms with Crippen LogP contribution < -0.4 is 11.2 Å². The number of ether oxygens (including phenoxy) is 1. The third-order valence-electron chi connectivity index (χ3n) is 2.12. The summed E-state index contributed by atoms with van der Waals surface area (Å²) in [6, 6.07) is 5.72. The fourth-order valence-corrected chi connectivity index (χ4v) is 1.14. The minimum absolute atomic E-state index is 0.318. The maximum Gasteiger partial charge on any atom is 0.293 e. The maximum atomic E-state index is 9.60. The van der Waals surface area contributed by atoms with E-state index in [0.717, 1.165) is 26.2 Å². The number of nitrogens with two attached hydrogens (primary N) is 1. The molecule has 0 bridgehead atoms. The summed E-state index contributed by atoms with van der Waals surface area (Å²) in [6.07, 6.45) is 3.50. The summed E-state index contributed by atoms with van der Waals surface area (Å²) in [7, 11) is 0. The zero-order valence-electron chi connectivity index (χ0n) is 12.6. The summed E-state index contributed by atoms with van der Waals surface area (Å²) in [4.78, 5) is 13.4. The van der Waals surface area contributed by atoms with E-state index >= 15 is 0 Å². The number of hydrogen-bond acceptors (Lipinski definition) is 6. The van der Waals surface area contributed by atoms with Gasteiger partial charge in [-0.05, 0) is 32.9 Å². The molecule has 6 nitrogen and oxygen atoms in total. The average Bonchev–Trinajstić information content (AvgIpc) is 2.42. The summed E-state index contributed by atoms with van der Waals surface area (Å²) in [6.45, 7) is 9.97. The lowest BCUT2D eigenvalue weighted by atomic mass is 10.2. The number of nitrogens with zero attached hydrogens (tertiary/aromatic N) is 2. The van der Waals surface area contributed by atoms with Gasteiger partial charge in [0.25, 0.3) is 6.47 Å². The largest absolute Gasteiger partial charge is 0.462 e. The highest BCUT2D eigenvalue weighted by atomic mass is 16.5. The number of carbonyl (C=O) groups is 1. The lowest BCUT2D eigenvalue weighted by Gasteiger charge is -2.21. The summed E-state index contributed by atoms with van der Waals surface area (Å²) in [5.41, 5.74) is -0.318. The Morgan fingerprint density at radius 2 is 1.75 bits per heavy atom. The van der Waals surface area contributed by atoms with Gasteiger partial charge in [0.2, 0.25) is 0 Å². The molecule has 1 aromatic rings. The van der Waals surface area contributed by atoms with Crippen molar-refractivity contribution in [3.8, 4) is 0 Å². The van der Waals surface area contributed by atoms with Crippen molar-refractivity contribution in [2.45, 2.75) is 26.4 Å². The molecule has 0 aliphatic carbocycles. The van der Waals surface area contributed by atoms with Crippen molar-refractivity contribution in [3.63, 3.8) is 0 Å². The molecule has 1 aliphatic heterocycles. The smallest absolute Gasteiger partial charge is 0.293 e. The third-order valence-corrected chi connectivity index (χ3v) is 2.12. The highest BCUT2D eigenvalue weighted by molar-refractivity contribution is 5.37. The lowest BCUT2D eigenvalue weighted by Crippen LogP contribution is -2.47. The Kier molecular flexibility index (Phi) is 10.5. The van der Waals surface area contributed by atoms with Crippen LogP contribution in [0.15, 0.2) is 30.6 Å². The minimum Gasteiger partial charge on any atom is -0.462 e. The van der Waals surface area contributed by atoms with Gasteiger partial charge in [-0.1, -0.05) is 6.07 Å². The predicted octanol–water partition coefficient (Wildman–Crippen LogP) is 0.805. The third kappa shape index (κ3) is 14.6. The standard InChI is InChI=1S/C5H5N.C5H10O2.C4H11N3/c1-2-4-6-5-3-1;1-5(2,3)7-4-6;5-7-3-1-6-2-4-7/h1-5H;4H,1-3H3;6H,1-5H2. The topological polar surface area (TPSA) is 80.5 Å². The second-order valence-electron chi connectivity index (χ2n) is 5.14. The molecule has 20 heavy (non-hydrogen) atoms. The number of piperazine rings is 1. The highest BCUT2D eigenvalue weighted by Crippen LogP contribution is 2.02. The first kappa shape index (κ1) is 18.5. The van der Waals surface area contributed by atoms with Crippen molar-refractivity contribution in [2.75, 3.05) is 26.2 Å². The van der Waals surface area contributed by atoms with E-state index in [1.54, 1.807) is 12.4 Å². The molecule has 0 atom stereocenters. The van der Waals surface area contributed by atoms with Crippen molar-refractivity contribution < 1.29 is 9.53 Å². The molecule has 0 spiro atoms. The molecule has 0 unspecified atom stereocenters. The Morgan fingerprint density at radius 1 is 1.20 bits per heavy atom. The molecule has 1 saturated heterocycles. The average molecular weight is 282 g/mol. The van der Waals surface area contributed by atoms with E-state index < -0.39 is 0 Å². The summed E-state index contributed by atoms with van der Waals surface area (Å²) in [5.74, 6) is 5.43. The van der Waals surface area contributed by atoms with Gasteiger partial charge in [0.05, 0.1) is 0 Å². The first-order valence-corrected chi connectivity index (χ1v) is 6.62. The van der Waals surface area contributed by atoms with Crippen LogP contribution in [0.2, 0.25) is 0 Å². The van der Waals surface area contributed by atoms with Crippen molar-refractivity contribution in [3.05, 3.63) is 30.6 Å². The zero-order chi connectivity index (χ0) is 15.3. The maximum absolute atomic E-state index is 9.60. The molecule has 0 radical (unpaired) electrons. The number of hydrazine groups is 1. The number of aromatic nitrogens is 1.